The van der Waals surface area contributed by atoms with Crippen LogP contribution in [0.25, 0.3) is 11.0 Å². The van der Waals surface area contributed by atoms with Crippen LogP contribution in [0.2, 0.25) is 0 Å². The average Bonchev–Trinajstić information content (AvgIpc) is 2.99. The van der Waals surface area contributed by atoms with E-state index >= 15 is 0 Å². The molecule has 0 amide bonds. The van der Waals surface area contributed by atoms with Crippen molar-refractivity contribution in [3.05, 3.63) is 23.3 Å². The molecule has 0 aliphatic rings. The Morgan fingerprint density at radius 2 is 1.61 bits per heavy atom. The minimum absolute atomic E-state index is 0.390. The Bertz CT molecular complexity index is 588. The molecule has 2 rings (SSSR count). The first-order valence-electron chi connectivity index (χ1n) is 9.35. The van der Waals surface area contributed by atoms with Gasteiger partial charge in [0.25, 0.3) is 0 Å². The summed E-state index contributed by atoms with van der Waals surface area (Å²) in [5.74, 6) is 0. The molecule has 0 aliphatic heterocycles. The maximum absolute atomic E-state index is 5.76. The number of fused-ring (bicyclic) bond motifs is 1. The molecule has 0 atom stereocenters. The molecule has 1 heterocycles. The van der Waals surface area contributed by atoms with Crippen molar-refractivity contribution in [1.82, 2.24) is 15.0 Å². The molecule has 128 valence electrons. The molecule has 2 N–H and O–H groups in total. The zero-order chi connectivity index (χ0) is 16.5. The molecule has 1 aromatic heterocycles. The quantitative estimate of drug-likeness (QED) is 0.617. The predicted molar refractivity (Wildman–Crippen MR) is 97.4 cm³/mol. The lowest BCUT2D eigenvalue weighted by molar-refractivity contribution is 0.627. The summed E-state index contributed by atoms with van der Waals surface area (Å²) in [5.41, 5.74) is 10.8. The van der Waals surface area contributed by atoms with Crippen LogP contribution in [-0.4, -0.2) is 15.0 Å². The number of hydrogen-bond donors (Lipinski definition) is 1. The molecule has 23 heavy (non-hydrogen) atoms. The molecule has 0 radical (unpaired) electrons. The summed E-state index contributed by atoms with van der Waals surface area (Å²) in [6.45, 7) is 4.91. The van der Waals surface area contributed by atoms with E-state index in [1.807, 2.05) is 0 Å². The Morgan fingerprint density at radius 3 is 2.26 bits per heavy atom. The third kappa shape index (κ3) is 4.77. The van der Waals surface area contributed by atoms with Crippen LogP contribution in [0.15, 0.2) is 12.1 Å². The molecule has 0 aliphatic carbocycles. The number of hydrogen-bond acceptors (Lipinski definition) is 3. The van der Waals surface area contributed by atoms with Gasteiger partial charge in [-0.3, -0.25) is 0 Å². The molecule has 0 spiro atoms. The van der Waals surface area contributed by atoms with Gasteiger partial charge < -0.3 is 5.73 Å². The molecule has 0 bridgehead atoms. The molecule has 0 saturated heterocycles. The van der Waals surface area contributed by atoms with Crippen LogP contribution in [0.4, 0.5) is 0 Å². The fraction of sp³-hybridized carbons (Fsp3) is 0.684. The van der Waals surface area contributed by atoms with Gasteiger partial charge in [0.1, 0.15) is 5.52 Å². The highest BCUT2D eigenvalue weighted by Crippen LogP contribution is 2.24. The first-order chi connectivity index (χ1) is 11.3. The van der Waals surface area contributed by atoms with Crippen molar-refractivity contribution in [3.63, 3.8) is 0 Å². The van der Waals surface area contributed by atoms with Crippen LogP contribution < -0.4 is 5.73 Å². The highest BCUT2D eigenvalue weighted by molar-refractivity contribution is 5.79. The zero-order valence-electron chi connectivity index (χ0n) is 14.9. The van der Waals surface area contributed by atoms with Crippen LogP contribution in [0.3, 0.4) is 0 Å². The zero-order valence-corrected chi connectivity index (χ0v) is 14.9. The van der Waals surface area contributed by atoms with E-state index in [0.717, 1.165) is 23.9 Å². The fourth-order valence-corrected chi connectivity index (χ4v) is 3.25. The van der Waals surface area contributed by atoms with Crippen LogP contribution in [0.1, 0.15) is 76.3 Å². The number of aromatic nitrogens is 3. The number of rotatable bonds is 11. The normalized spacial score (nSPS) is 11.4. The number of unbranched alkanes of at least 4 members (excludes halogenated alkanes) is 6. The highest BCUT2D eigenvalue weighted by Gasteiger charge is 2.12. The predicted octanol–water partition coefficient (Wildman–Crippen LogP) is 4.59. The maximum Gasteiger partial charge on any atom is 0.116 e. The molecule has 1 aromatic carbocycles. The lowest BCUT2D eigenvalue weighted by Gasteiger charge is -2.11. The lowest BCUT2D eigenvalue weighted by atomic mass is 9.95. The first-order valence-corrected chi connectivity index (χ1v) is 9.35. The van der Waals surface area contributed by atoms with E-state index in [0.29, 0.717) is 6.67 Å². The number of nitrogens with zero attached hydrogens (tertiary/aromatic N) is 3. The molecular formula is C19H32N4. The van der Waals surface area contributed by atoms with Crippen molar-refractivity contribution < 1.29 is 0 Å². The molecular weight excluding hydrogens is 284 g/mol. The second-order valence-electron chi connectivity index (χ2n) is 6.46. The van der Waals surface area contributed by atoms with Crippen molar-refractivity contribution in [2.24, 2.45) is 5.73 Å². The minimum Gasteiger partial charge on any atom is -0.312 e. The number of aryl methyl sites for hydroxylation is 2. The summed E-state index contributed by atoms with van der Waals surface area (Å²) >= 11 is 0. The van der Waals surface area contributed by atoms with Crippen molar-refractivity contribution in [2.45, 2.75) is 84.7 Å². The van der Waals surface area contributed by atoms with Crippen LogP contribution in [0, 0.1) is 0 Å². The maximum atomic E-state index is 5.76. The molecule has 4 heteroatoms. The SMILES string of the molecule is CCCCCCc1ccc2c(nnn2CN)c1CCCCCC. The minimum atomic E-state index is 0.390. The van der Waals surface area contributed by atoms with E-state index < -0.39 is 0 Å². The number of benzene rings is 1. The van der Waals surface area contributed by atoms with E-state index in [4.69, 9.17) is 5.73 Å². The van der Waals surface area contributed by atoms with Gasteiger partial charge in [0, 0.05) is 0 Å². The highest BCUT2D eigenvalue weighted by atomic mass is 15.4. The summed E-state index contributed by atoms with van der Waals surface area (Å²) in [6.07, 6.45) is 12.6. The molecule has 4 nitrogen and oxygen atoms in total. The Balaban J connectivity index is 2.17. The van der Waals surface area contributed by atoms with Gasteiger partial charge >= 0.3 is 0 Å². The van der Waals surface area contributed by atoms with Gasteiger partial charge in [0.2, 0.25) is 0 Å². The Kier molecular flexibility index (Phi) is 7.53. The third-order valence-corrected chi connectivity index (χ3v) is 4.64. The summed E-state index contributed by atoms with van der Waals surface area (Å²) in [7, 11) is 0. The largest absolute Gasteiger partial charge is 0.312 e. The Hall–Kier alpha value is -1.42. The van der Waals surface area contributed by atoms with Crippen molar-refractivity contribution in [2.75, 3.05) is 0 Å². The number of nitrogens with two attached hydrogens (primary N) is 1. The van der Waals surface area contributed by atoms with E-state index in [-0.39, 0.29) is 0 Å². The monoisotopic (exact) mass is 316 g/mol. The van der Waals surface area contributed by atoms with Gasteiger partial charge in [-0.05, 0) is 42.9 Å². The summed E-state index contributed by atoms with van der Waals surface area (Å²) in [5, 5.41) is 8.64. The van der Waals surface area contributed by atoms with Gasteiger partial charge in [-0.1, -0.05) is 63.7 Å². The molecule has 2 aromatic rings. The second-order valence-corrected chi connectivity index (χ2v) is 6.46. The first kappa shape index (κ1) is 17.9. The fourth-order valence-electron chi connectivity index (χ4n) is 3.25. The molecule has 0 unspecified atom stereocenters. The van der Waals surface area contributed by atoms with Gasteiger partial charge in [-0.15, -0.1) is 5.10 Å². The second kappa shape index (κ2) is 9.66. The van der Waals surface area contributed by atoms with Crippen LogP contribution in [-0.2, 0) is 19.5 Å². The van der Waals surface area contributed by atoms with Gasteiger partial charge in [0.05, 0.1) is 12.2 Å². The summed E-state index contributed by atoms with van der Waals surface area (Å²) < 4.78 is 1.80. The third-order valence-electron chi connectivity index (χ3n) is 4.64. The lowest BCUT2D eigenvalue weighted by Crippen LogP contribution is -2.08. The van der Waals surface area contributed by atoms with Crippen molar-refractivity contribution in [1.29, 1.82) is 0 Å². The topological polar surface area (TPSA) is 56.7 Å². The van der Waals surface area contributed by atoms with Gasteiger partial charge in [0.15, 0.2) is 0 Å². The van der Waals surface area contributed by atoms with E-state index in [9.17, 15) is 0 Å². The standard InChI is InChI=1S/C19H32N4/c1-3-5-7-9-11-16-13-14-18-19(21-22-23(18)15-20)17(16)12-10-8-6-4-2/h13-14H,3-12,15,20H2,1-2H3. The summed E-state index contributed by atoms with van der Waals surface area (Å²) in [6, 6.07) is 4.42. The average molecular weight is 316 g/mol. The van der Waals surface area contributed by atoms with Crippen molar-refractivity contribution in [3.8, 4) is 0 Å². The van der Waals surface area contributed by atoms with E-state index in [1.54, 1.807) is 4.68 Å². The van der Waals surface area contributed by atoms with E-state index in [1.165, 1.54) is 62.5 Å². The Labute approximate surface area is 140 Å². The van der Waals surface area contributed by atoms with Gasteiger partial charge in [-0.2, -0.15) is 0 Å². The molecule has 0 saturated carbocycles. The van der Waals surface area contributed by atoms with Crippen LogP contribution >= 0.6 is 0 Å². The van der Waals surface area contributed by atoms with E-state index in [2.05, 4.69) is 36.3 Å². The van der Waals surface area contributed by atoms with Crippen molar-refractivity contribution >= 4 is 11.0 Å². The van der Waals surface area contributed by atoms with Gasteiger partial charge in [-0.25, -0.2) is 4.68 Å². The Morgan fingerprint density at radius 1 is 0.913 bits per heavy atom. The smallest absolute Gasteiger partial charge is 0.116 e. The summed E-state index contributed by atoms with van der Waals surface area (Å²) in [4.78, 5) is 0. The van der Waals surface area contributed by atoms with Crippen LogP contribution in [0.5, 0.6) is 0 Å². The molecule has 0 fully saturated rings.